The number of benzene rings is 1. The molecule has 0 radical (unpaired) electrons. The van der Waals surface area contributed by atoms with Crippen LogP contribution in [0.5, 0.6) is 0 Å². The lowest BCUT2D eigenvalue weighted by molar-refractivity contribution is 0.382. The van der Waals surface area contributed by atoms with E-state index in [1.54, 1.807) is 0 Å². The number of aryl methyl sites for hydroxylation is 1. The van der Waals surface area contributed by atoms with Crippen LogP contribution in [0, 0.1) is 6.92 Å². The summed E-state index contributed by atoms with van der Waals surface area (Å²) < 4.78 is 0. The fourth-order valence-electron chi connectivity index (χ4n) is 1.62. The summed E-state index contributed by atoms with van der Waals surface area (Å²) in [5.74, 6) is 0. The molecule has 1 fully saturated rings. The van der Waals surface area contributed by atoms with Crippen LogP contribution < -0.4 is 5.32 Å². The third-order valence-corrected chi connectivity index (χ3v) is 2.77. The minimum atomic E-state index is 0.499. The summed E-state index contributed by atoms with van der Waals surface area (Å²) in [5, 5.41) is 4.25. The monoisotopic (exact) mass is 181 g/mol. The van der Waals surface area contributed by atoms with Crippen molar-refractivity contribution < 1.29 is 0 Å². The Morgan fingerprint density at radius 1 is 1.50 bits per heavy atom. The smallest absolute Gasteiger partial charge is 0.0456 e. The van der Waals surface area contributed by atoms with Crippen LogP contribution in [-0.2, 0) is 0 Å². The predicted octanol–water partition coefficient (Wildman–Crippen LogP) is 2.68. The summed E-state index contributed by atoms with van der Waals surface area (Å²) in [6, 6.07) is 6.57. The van der Waals surface area contributed by atoms with E-state index in [0.29, 0.717) is 6.04 Å². The van der Waals surface area contributed by atoms with Gasteiger partial charge in [0.2, 0.25) is 0 Å². The van der Waals surface area contributed by atoms with Crippen molar-refractivity contribution in [3.8, 4) is 0 Å². The molecule has 0 unspecified atom stereocenters. The maximum Gasteiger partial charge on any atom is 0.0456 e. The lowest BCUT2D eigenvalue weighted by Gasteiger charge is -2.30. The first-order valence-electron chi connectivity index (χ1n) is 4.27. The predicted molar refractivity (Wildman–Crippen MR) is 51.5 cm³/mol. The van der Waals surface area contributed by atoms with E-state index in [0.717, 1.165) is 11.6 Å². The van der Waals surface area contributed by atoms with Crippen LogP contribution >= 0.6 is 11.6 Å². The molecular formula is C10H12ClN. The summed E-state index contributed by atoms with van der Waals surface area (Å²) in [6.45, 7) is 3.23. The second kappa shape index (κ2) is 3.08. The summed E-state index contributed by atoms with van der Waals surface area (Å²) in [7, 11) is 0. The first-order chi connectivity index (χ1) is 5.79. The highest BCUT2D eigenvalue weighted by Gasteiger charge is 2.21. The highest BCUT2D eigenvalue weighted by molar-refractivity contribution is 6.31. The maximum absolute atomic E-state index is 6.10. The van der Waals surface area contributed by atoms with Crippen LogP contribution in [0.4, 0.5) is 0 Å². The molecule has 0 amide bonds. The molecule has 2 rings (SSSR count). The Morgan fingerprint density at radius 3 is 2.75 bits per heavy atom. The Morgan fingerprint density at radius 2 is 2.25 bits per heavy atom. The van der Waals surface area contributed by atoms with Gasteiger partial charge in [0, 0.05) is 11.1 Å². The van der Waals surface area contributed by atoms with Gasteiger partial charge in [-0.1, -0.05) is 23.7 Å². The first-order valence-corrected chi connectivity index (χ1v) is 4.65. The molecule has 1 aliphatic heterocycles. The van der Waals surface area contributed by atoms with Crippen LogP contribution in [0.25, 0.3) is 0 Å². The Labute approximate surface area is 77.7 Å². The zero-order valence-corrected chi connectivity index (χ0v) is 7.86. The molecule has 1 aliphatic rings. The van der Waals surface area contributed by atoms with Gasteiger partial charge in [0.15, 0.2) is 0 Å². The van der Waals surface area contributed by atoms with Gasteiger partial charge in [-0.25, -0.2) is 0 Å². The quantitative estimate of drug-likeness (QED) is 0.703. The number of hydrogen-bond donors (Lipinski definition) is 1. The molecule has 0 bridgehead atoms. The normalized spacial score (nSPS) is 22.0. The molecule has 64 valence electrons. The van der Waals surface area contributed by atoms with Gasteiger partial charge < -0.3 is 5.32 Å². The van der Waals surface area contributed by atoms with Crippen molar-refractivity contribution in [2.75, 3.05) is 6.54 Å². The highest BCUT2D eigenvalue weighted by atomic mass is 35.5. The van der Waals surface area contributed by atoms with Gasteiger partial charge >= 0.3 is 0 Å². The molecule has 1 saturated heterocycles. The van der Waals surface area contributed by atoms with Crippen molar-refractivity contribution in [3.05, 3.63) is 34.3 Å². The van der Waals surface area contributed by atoms with Gasteiger partial charge in [0.1, 0.15) is 0 Å². The number of halogens is 1. The molecule has 1 N–H and O–H groups in total. The SMILES string of the molecule is Cc1cccc(Cl)c1[C@H]1CCN1. The minimum Gasteiger partial charge on any atom is -0.310 e. The molecule has 0 spiro atoms. The molecule has 12 heavy (non-hydrogen) atoms. The molecular weight excluding hydrogens is 170 g/mol. The van der Waals surface area contributed by atoms with E-state index in [1.807, 2.05) is 12.1 Å². The molecule has 0 saturated carbocycles. The van der Waals surface area contributed by atoms with Crippen LogP contribution in [0.1, 0.15) is 23.6 Å². The van der Waals surface area contributed by atoms with Crippen LogP contribution in [0.3, 0.4) is 0 Å². The first kappa shape index (κ1) is 8.09. The standard InChI is InChI=1S/C10H12ClN/c1-7-3-2-4-8(11)10(7)9-5-6-12-9/h2-4,9,12H,5-6H2,1H3/t9-/m1/s1. The van der Waals surface area contributed by atoms with E-state index < -0.39 is 0 Å². The second-order valence-electron chi connectivity index (χ2n) is 3.27. The third-order valence-electron chi connectivity index (χ3n) is 2.44. The van der Waals surface area contributed by atoms with Crippen molar-refractivity contribution in [2.45, 2.75) is 19.4 Å². The summed E-state index contributed by atoms with van der Waals surface area (Å²) in [5.41, 5.74) is 2.57. The number of hydrogen-bond acceptors (Lipinski definition) is 1. The van der Waals surface area contributed by atoms with E-state index in [-0.39, 0.29) is 0 Å². The van der Waals surface area contributed by atoms with Gasteiger partial charge in [0.25, 0.3) is 0 Å². The largest absolute Gasteiger partial charge is 0.310 e. The average Bonchev–Trinajstić information content (AvgIpc) is 1.93. The molecule has 1 atom stereocenters. The van der Waals surface area contributed by atoms with Gasteiger partial charge in [-0.05, 0) is 37.1 Å². The lowest BCUT2D eigenvalue weighted by Crippen LogP contribution is -2.35. The molecule has 2 heteroatoms. The molecule has 0 aliphatic carbocycles. The number of rotatable bonds is 1. The van der Waals surface area contributed by atoms with E-state index in [1.165, 1.54) is 17.5 Å². The van der Waals surface area contributed by atoms with Crippen molar-refractivity contribution in [1.29, 1.82) is 0 Å². The lowest BCUT2D eigenvalue weighted by atomic mass is 9.94. The van der Waals surface area contributed by atoms with Crippen LogP contribution in [0.15, 0.2) is 18.2 Å². The summed E-state index contributed by atoms with van der Waals surface area (Å²) >= 11 is 6.10. The zero-order valence-electron chi connectivity index (χ0n) is 7.10. The van der Waals surface area contributed by atoms with Gasteiger partial charge in [-0.2, -0.15) is 0 Å². The Bertz CT molecular complexity index is 272. The van der Waals surface area contributed by atoms with E-state index in [9.17, 15) is 0 Å². The van der Waals surface area contributed by atoms with Gasteiger partial charge in [-0.15, -0.1) is 0 Å². The molecule has 0 aromatic heterocycles. The summed E-state index contributed by atoms with van der Waals surface area (Å²) in [4.78, 5) is 0. The fraction of sp³-hybridized carbons (Fsp3) is 0.400. The Kier molecular flexibility index (Phi) is 2.07. The van der Waals surface area contributed by atoms with Crippen molar-refractivity contribution >= 4 is 11.6 Å². The Balaban J connectivity index is 2.39. The zero-order chi connectivity index (χ0) is 8.55. The van der Waals surface area contributed by atoms with Crippen LogP contribution in [0.2, 0.25) is 5.02 Å². The Hall–Kier alpha value is -0.530. The molecule has 1 aromatic rings. The minimum absolute atomic E-state index is 0.499. The molecule has 1 nitrogen and oxygen atoms in total. The third kappa shape index (κ3) is 1.23. The molecule has 1 aromatic carbocycles. The van der Waals surface area contributed by atoms with Gasteiger partial charge in [-0.3, -0.25) is 0 Å². The highest BCUT2D eigenvalue weighted by Crippen LogP contribution is 2.31. The van der Waals surface area contributed by atoms with E-state index in [2.05, 4.69) is 18.3 Å². The summed E-state index contributed by atoms with van der Waals surface area (Å²) in [6.07, 6.45) is 1.21. The molecule has 1 heterocycles. The topological polar surface area (TPSA) is 12.0 Å². The van der Waals surface area contributed by atoms with Crippen molar-refractivity contribution in [1.82, 2.24) is 5.32 Å². The second-order valence-corrected chi connectivity index (χ2v) is 3.67. The van der Waals surface area contributed by atoms with E-state index >= 15 is 0 Å². The maximum atomic E-state index is 6.10. The fourth-order valence-corrected chi connectivity index (χ4v) is 1.97. The van der Waals surface area contributed by atoms with Crippen molar-refractivity contribution in [3.63, 3.8) is 0 Å². The average molecular weight is 182 g/mol. The number of nitrogens with one attached hydrogen (secondary N) is 1. The van der Waals surface area contributed by atoms with Crippen molar-refractivity contribution in [2.24, 2.45) is 0 Å². The van der Waals surface area contributed by atoms with Gasteiger partial charge in [0.05, 0.1) is 0 Å². The van der Waals surface area contributed by atoms with Crippen LogP contribution in [-0.4, -0.2) is 6.54 Å². The van der Waals surface area contributed by atoms with E-state index in [4.69, 9.17) is 11.6 Å².